The number of ether oxygens (including phenoxy) is 1. The quantitative estimate of drug-likeness (QED) is 0.521. The normalized spacial score (nSPS) is 13.7. The molecule has 5 rings (SSSR count). The van der Waals surface area contributed by atoms with E-state index in [9.17, 15) is 18.4 Å². The van der Waals surface area contributed by atoms with Crippen LogP contribution in [0.2, 0.25) is 0 Å². The lowest BCUT2D eigenvalue weighted by molar-refractivity contribution is 0.102. The summed E-state index contributed by atoms with van der Waals surface area (Å²) in [5.41, 5.74) is 0.0221. The van der Waals surface area contributed by atoms with E-state index in [2.05, 4.69) is 10.3 Å². The SMILES string of the molecule is COc1c(F)c(F)cc2c(=O)c(C(=O)Nc3nc4ccccc4s3)cn(C3CC3)c12. The third kappa shape index (κ3) is 2.93. The Morgan fingerprint density at radius 3 is 2.77 bits per heavy atom. The van der Waals surface area contributed by atoms with E-state index in [4.69, 9.17) is 4.74 Å². The highest BCUT2D eigenvalue weighted by atomic mass is 32.1. The fourth-order valence-corrected chi connectivity index (χ4v) is 4.37. The zero-order chi connectivity index (χ0) is 21.0. The lowest BCUT2D eigenvalue weighted by atomic mass is 10.1. The van der Waals surface area contributed by atoms with E-state index in [0.717, 1.165) is 29.1 Å². The molecule has 2 aromatic carbocycles. The molecule has 0 spiro atoms. The highest BCUT2D eigenvalue weighted by Crippen LogP contribution is 2.40. The minimum atomic E-state index is -1.21. The minimum absolute atomic E-state index is 0.0131. The van der Waals surface area contributed by atoms with Crippen molar-refractivity contribution in [3.05, 3.63) is 63.9 Å². The molecule has 0 unspecified atom stereocenters. The van der Waals surface area contributed by atoms with Crippen LogP contribution in [0.25, 0.3) is 21.1 Å². The molecule has 2 aromatic heterocycles. The maximum Gasteiger partial charge on any atom is 0.262 e. The summed E-state index contributed by atoms with van der Waals surface area (Å²) in [4.78, 5) is 30.3. The van der Waals surface area contributed by atoms with E-state index < -0.39 is 23.0 Å². The molecule has 0 radical (unpaired) electrons. The van der Waals surface area contributed by atoms with Gasteiger partial charge in [-0.1, -0.05) is 23.5 Å². The number of hydrogen-bond donors (Lipinski definition) is 1. The number of carbonyl (C=O) groups excluding carboxylic acids is 1. The third-order valence-electron chi connectivity index (χ3n) is 5.07. The number of pyridine rings is 1. The molecule has 0 aliphatic heterocycles. The van der Waals surface area contributed by atoms with Gasteiger partial charge in [-0.2, -0.15) is 4.39 Å². The molecule has 30 heavy (non-hydrogen) atoms. The average molecular weight is 427 g/mol. The van der Waals surface area contributed by atoms with Crippen molar-refractivity contribution in [1.29, 1.82) is 0 Å². The molecular formula is C21H15F2N3O3S. The third-order valence-corrected chi connectivity index (χ3v) is 6.02. The summed E-state index contributed by atoms with van der Waals surface area (Å²) >= 11 is 1.28. The van der Waals surface area contributed by atoms with Gasteiger partial charge < -0.3 is 9.30 Å². The first kappa shape index (κ1) is 18.7. The van der Waals surface area contributed by atoms with Crippen LogP contribution in [0, 0.1) is 11.6 Å². The molecule has 0 atom stereocenters. The van der Waals surface area contributed by atoms with Gasteiger partial charge in [0.15, 0.2) is 16.7 Å². The Kier molecular flexibility index (Phi) is 4.28. The van der Waals surface area contributed by atoms with Gasteiger partial charge in [-0.15, -0.1) is 0 Å². The number of halogens is 2. The molecule has 9 heteroatoms. The molecule has 4 aromatic rings. The second-order valence-corrected chi connectivity index (χ2v) is 8.08. The van der Waals surface area contributed by atoms with Gasteiger partial charge >= 0.3 is 0 Å². The fourth-order valence-electron chi connectivity index (χ4n) is 3.51. The van der Waals surface area contributed by atoms with Crippen LogP contribution < -0.4 is 15.5 Å². The molecule has 1 fully saturated rings. The van der Waals surface area contributed by atoms with Crippen LogP contribution in [-0.2, 0) is 0 Å². The van der Waals surface area contributed by atoms with Gasteiger partial charge in [0.25, 0.3) is 5.91 Å². The van der Waals surface area contributed by atoms with E-state index in [1.807, 2.05) is 24.3 Å². The van der Waals surface area contributed by atoms with Crippen molar-refractivity contribution < 1.29 is 18.3 Å². The van der Waals surface area contributed by atoms with Gasteiger partial charge in [0.1, 0.15) is 5.56 Å². The Balaban J connectivity index is 1.65. The number of fused-ring (bicyclic) bond motifs is 2. The molecule has 1 aliphatic carbocycles. The van der Waals surface area contributed by atoms with Crippen molar-refractivity contribution >= 4 is 43.5 Å². The predicted molar refractivity (Wildman–Crippen MR) is 111 cm³/mol. The minimum Gasteiger partial charge on any atom is -0.491 e. The monoisotopic (exact) mass is 427 g/mol. The number of hydrogen-bond acceptors (Lipinski definition) is 5. The number of thiazole rings is 1. The van der Waals surface area contributed by atoms with Crippen LogP contribution >= 0.6 is 11.3 Å². The summed E-state index contributed by atoms with van der Waals surface area (Å²) in [5, 5.41) is 2.90. The number of carbonyl (C=O) groups is 1. The molecule has 1 N–H and O–H groups in total. The van der Waals surface area contributed by atoms with Crippen LogP contribution in [0.1, 0.15) is 29.2 Å². The Morgan fingerprint density at radius 1 is 1.30 bits per heavy atom. The van der Waals surface area contributed by atoms with Gasteiger partial charge in [-0.05, 0) is 31.0 Å². The summed E-state index contributed by atoms with van der Waals surface area (Å²) < 4.78 is 36.0. The van der Waals surface area contributed by atoms with Crippen molar-refractivity contribution in [2.75, 3.05) is 12.4 Å². The second kappa shape index (κ2) is 6.88. The van der Waals surface area contributed by atoms with Crippen LogP contribution in [0.5, 0.6) is 5.75 Å². The summed E-state index contributed by atoms with van der Waals surface area (Å²) in [6, 6.07) is 8.21. The number of nitrogens with one attached hydrogen (secondary N) is 1. The number of rotatable bonds is 4. The van der Waals surface area contributed by atoms with Crippen molar-refractivity contribution in [2.24, 2.45) is 0 Å². The van der Waals surface area contributed by atoms with E-state index in [1.165, 1.54) is 24.6 Å². The standard InChI is InChI=1S/C21H15F2N3O3S/c1-29-19-16(23)13(22)8-11-17(19)26(10-6-7-10)9-12(18(11)27)20(28)25-21-24-14-4-2-3-5-15(14)30-21/h2-5,8-10H,6-7H2,1H3,(H,24,25,28). The number of benzene rings is 2. The van der Waals surface area contributed by atoms with Crippen LogP contribution in [0.4, 0.5) is 13.9 Å². The average Bonchev–Trinajstić information content (AvgIpc) is 3.49. The fraction of sp³-hybridized carbons (Fsp3) is 0.190. The van der Waals surface area contributed by atoms with E-state index in [1.54, 1.807) is 4.57 Å². The molecule has 152 valence electrons. The van der Waals surface area contributed by atoms with Gasteiger partial charge in [0, 0.05) is 12.2 Å². The highest BCUT2D eigenvalue weighted by Gasteiger charge is 2.30. The maximum absolute atomic E-state index is 14.3. The Morgan fingerprint density at radius 2 is 2.07 bits per heavy atom. The summed E-state index contributed by atoms with van der Waals surface area (Å²) in [6.45, 7) is 0. The van der Waals surface area contributed by atoms with Crippen LogP contribution in [0.3, 0.4) is 0 Å². The topological polar surface area (TPSA) is 73.2 Å². The lowest BCUT2D eigenvalue weighted by Gasteiger charge is -2.16. The first-order chi connectivity index (χ1) is 14.5. The maximum atomic E-state index is 14.3. The molecule has 1 amide bonds. The Bertz CT molecular complexity index is 1360. The second-order valence-electron chi connectivity index (χ2n) is 7.05. The molecule has 2 heterocycles. The molecule has 0 bridgehead atoms. The van der Waals surface area contributed by atoms with Crippen molar-refractivity contribution in [3.63, 3.8) is 0 Å². The van der Waals surface area contributed by atoms with E-state index in [-0.39, 0.29) is 28.3 Å². The van der Waals surface area contributed by atoms with Crippen LogP contribution in [-0.4, -0.2) is 22.6 Å². The van der Waals surface area contributed by atoms with Gasteiger partial charge in [-0.25, -0.2) is 9.37 Å². The number of methoxy groups -OCH3 is 1. The predicted octanol–water partition coefficient (Wildman–Crippen LogP) is 4.49. The zero-order valence-corrected chi connectivity index (χ0v) is 16.6. The number of aromatic nitrogens is 2. The van der Waals surface area contributed by atoms with Gasteiger partial charge in [-0.3, -0.25) is 14.9 Å². The van der Waals surface area contributed by atoms with Gasteiger partial charge in [0.2, 0.25) is 11.2 Å². The first-order valence-corrected chi connectivity index (χ1v) is 10.1. The van der Waals surface area contributed by atoms with E-state index in [0.29, 0.717) is 5.13 Å². The smallest absolute Gasteiger partial charge is 0.262 e. The highest BCUT2D eigenvalue weighted by molar-refractivity contribution is 7.22. The zero-order valence-electron chi connectivity index (χ0n) is 15.7. The summed E-state index contributed by atoms with van der Waals surface area (Å²) in [6.07, 6.45) is 3.00. The largest absolute Gasteiger partial charge is 0.491 e. The first-order valence-electron chi connectivity index (χ1n) is 9.25. The number of nitrogens with zero attached hydrogens (tertiary/aromatic N) is 2. The number of amides is 1. The summed E-state index contributed by atoms with van der Waals surface area (Å²) in [7, 11) is 1.22. The number of anilines is 1. The molecule has 6 nitrogen and oxygen atoms in total. The van der Waals surface area contributed by atoms with E-state index >= 15 is 0 Å². The molecular weight excluding hydrogens is 412 g/mol. The van der Waals surface area contributed by atoms with Crippen molar-refractivity contribution in [3.8, 4) is 5.75 Å². The molecule has 1 saturated carbocycles. The summed E-state index contributed by atoms with van der Waals surface area (Å²) in [5.74, 6) is -3.36. The lowest BCUT2D eigenvalue weighted by Crippen LogP contribution is -2.24. The van der Waals surface area contributed by atoms with Crippen LogP contribution in [0.15, 0.2) is 41.3 Å². The Hall–Kier alpha value is -3.33. The molecule has 0 saturated heterocycles. The molecule has 1 aliphatic rings. The van der Waals surface area contributed by atoms with Crippen molar-refractivity contribution in [2.45, 2.75) is 18.9 Å². The Labute approximate surface area is 172 Å². The van der Waals surface area contributed by atoms with Crippen molar-refractivity contribution in [1.82, 2.24) is 9.55 Å². The van der Waals surface area contributed by atoms with Gasteiger partial charge in [0.05, 0.1) is 28.2 Å². The number of para-hydroxylation sites is 1.